The van der Waals surface area contributed by atoms with Crippen LogP contribution < -0.4 is 0 Å². The molecule has 0 aliphatic carbocycles. The van der Waals surface area contributed by atoms with E-state index in [0.717, 1.165) is 4.43 Å². The molecule has 88 valence electrons. The van der Waals surface area contributed by atoms with Crippen LogP contribution in [0.15, 0.2) is 12.7 Å². The van der Waals surface area contributed by atoms with E-state index >= 15 is 0 Å². The summed E-state index contributed by atoms with van der Waals surface area (Å²) in [7, 11) is 0. The van der Waals surface area contributed by atoms with Crippen LogP contribution in [0.1, 0.15) is 20.8 Å². The van der Waals surface area contributed by atoms with Crippen LogP contribution in [0.3, 0.4) is 0 Å². The van der Waals surface area contributed by atoms with E-state index in [2.05, 4.69) is 49.9 Å². The van der Waals surface area contributed by atoms with Gasteiger partial charge in [0.1, 0.15) is 0 Å². The highest BCUT2D eigenvalue weighted by atomic mass is 127. The second-order valence-electron chi connectivity index (χ2n) is 4.60. The number of hydrogen-bond acceptors (Lipinski definition) is 2. The lowest BCUT2D eigenvalue weighted by atomic mass is 9.79. The van der Waals surface area contributed by atoms with Crippen molar-refractivity contribution in [2.45, 2.75) is 39.1 Å². The molecule has 0 radical (unpaired) electrons. The van der Waals surface area contributed by atoms with Gasteiger partial charge in [-0.15, -0.1) is 6.58 Å². The third kappa shape index (κ3) is 2.74. The lowest BCUT2D eigenvalue weighted by Gasteiger charge is -2.44. The first-order chi connectivity index (χ1) is 7.02. The van der Waals surface area contributed by atoms with Gasteiger partial charge in [0.2, 0.25) is 0 Å². The second-order valence-corrected chi connectivity index (χ2v) is 5.48. The van der Waals surface area contributed by atoms with Crippen molar-refractivity contribution in [1.29, 1.82) is 0 Å². The predicted octanol–water partition coefficient (Wildman–Crippen LogP) is 2.64. The Bertz CT molecular complexity index is 218. The van der Waals surface area contributed by atoms with Gasteiger partial charge >= 0.3 is 0 Å². The lowest BCUT2D eigenvalue weighted by Crippen LogP contribution is -2.51. The Hall–Kier alpha value is 0.390. The molecule has 1 fully saturated rings. The molecule has 0 bridgehead atoms. The molecule has 0 aromatic carbocycles. The third-order valence-electron chi connectivity index (χ3n) is 3.56. The van der Waals surface area contributed by atoms with E-state index < -0.39 is 0 Å². The molecule has 0 spiro atoms. The van der Waals surface area contributed by atoms with E-state index in [0.29, 0.717) is 5.92 Å². The molecule has 1 aliphatic heterocycles. The third-order valence-corrected chi connectivity index (χ3v) is 4.42. The normalized spacial score (nSPS) is 43.7. The summed E-state index contributed by atoms with van der Waals surface area (Å²) >= 11 is 2.32. The van der Waals surface area contributed by atoms with Gasteiger partial charge in [-0.25, -0.2) is 0 Å². The van der Waals surface area contributed by atoms with Gasteiger partial charge in [0, 0.05) is 22.2 Å². The average Bonchev–Trinajstić information content (AvgIpc) is 2.25. The van der Waals surface area contributed by atoms with Crippen LogP contribution in [-0.2, 0) is 4.74 Å². The summed E-state index contributed by atoms with van der Waals surface area (Å²) in [4.78, 5) is 0. The molecular weight excluding hydrogens is 303 g/mol. The molecule has 6 atom stereocenters. The minimum Gasteiger partial charge on any atom is -0.392 e. The average molecular weight is 324 g/mol. The number of aliphatic hydroxyl groups is 1. The van der Waals surface area contributed by atoms with E-state index in [1.165, 1.54) is 0 Å². The summed E-state index contributed by atoms with van der Waals surface area (Å²) < 4.78 is 6.98. The van der Waals surface area contributed by atoms with E-state index in [1.54, 1.807) is 0 Å². The van der Waals surface area contributed by atoms with Gasteiger partial charge in [-0.1, -0.05) is 49.4 Å². The summed E-state index contributed by atoms with van der Waals surface area (Å²) in [6.45, 7) is 10.0. The van der Waals surface area contributed by atoms with Crippen molar-refractivity contribution in [2.24, 2.45) is 17.8 Å². The zero-order valence-corrected chi connectivity index (χ0v) is 11.8. The van der Waals surface area contributed by atoms with Gasteiger partial charge in [-0.3, -0.25) is 0 Å². The summed E-state index contributed by atoms with van der Waals surface area (Å²) in [5.74, 6) is 0.713. The Labute approximate surface area is 106 Å². The van der Waals surface area contributed by atoms with Crippen molar-refractivity contribution in [3.8, 4) is 0 Å². The molecule has 1 unspecified atom stereocenters. The largest absolute Gasteiger partial charge is 0.392 e. The fourth-order valence-corrected chi connectivity index (χ4v) is 3.27. The standard InChI is InChI=1S/C12H21IO2/c1-5-7(2)12-9(4)11(14)8(3)10(6-13)15-12/h5,7-12,14H,1,6H2,2-4H3/t7-,8-,9+,10+,11-,12?/m0/s1. The summed E-state index contributed by atoms with van der Waals surface area (Å²) in [6, 6.07) is 0. The number of hydrogen-bond donors (Lipinski definition) is 1. The maximum atomic E-state index is 10.1. The van der Waals surface area contributed by atoms with Gasteiger partial charge in [-0.2, -0.15) is 0 Å². The molecule has 0 saturated carbocycles. The zero-order chi connectivity index (χ0) is 11.6. The SMILES string of the molecule is C=C[C@H](C)C1O[C@H](CI)[C@H](C)[C@H](O)[C@H]1C. The molecule has 0 aromatic heterocycles. The highest BCUT2D eigenvalue weighted by Gasteiger charge is 2.41. The molecule has 3 heteroatoms. The summed E-state index contributed by atoms with van der Waals surface area (Å²) in [6.07, 6.45) is 1.93. The Morgan fingerprint density at radius 1 is 1.47 bits per heavy atom. The van der Waals surface area contributed by atoms with Gasteiger partial charge in [0.05, 0.1) is 18.3 Å². The molecule has 1 saturated heterocycles. The van der Waals surface area contributed by atoms with Crippen molar-refractivity contribution in [1.82, 2.24) is 0 Å². The minimum absolute atomic E-state index is 0.105. The lowest BCUT2D eigenvalue weighted by molar-refractivity contribution is -0.164. The van der Waals surface area contributed by atoms with E-state index in [-0.39, 0.29) is 30.1 Å². The molecule has 0 aromatic rings. The summed E-state index contributed by atoms with van der Waals surface area (Å²) in [5.41, 5.74) is 0. The van der Waals surface area contributed by atoms with Crippen LogP contribution in [0.5, 0.6) is 0 Å². The first-order valence-corrected chi connectivity index (χ1v) is 7.07. The van der Waals surface area contributed by atoms with Crippen molar-refractivity contribution in [3.63, 3.8) is 0 Å². The molecule has 0 amide bonds. The number of rotatable bonds is 3. The van der Waals surface area contributed by atoms with E-state index in [9.17, 15) is 5.11 Å². The van der Waals surface area contributed by atoms with Crippen molar-refractivity contribution < 1.29 is 9.84 Å². The first-order valence-electron chi connectivity index (χ1n) is 5.55. The maximum Gasteiger partial charge on any atom is 0.0718 e. The highest BCUT2D eigenvalue weighted by Crippen LogP contribution is 2.34. The first kappa shape index (κ1) is 13.5. The van der Waals surface area contributed by atoms with Crippen LogP contribution in [0.4, 0.5) is 0 Å². The van der Waals surface area contributed by atoms with Gasteiger partial charge in [0.15, 0.2) is 0 Å². The Kier molecular flexibility index (Phi) is 5.06. The predicted molar refractivity (Wildman–Crippen MR) is 71.2 cm³/mol. The maximum absolute atomic E-state index is 10.1. The van der Waals surface area contributed by atoms with Crippen molar-refractivity contribution >= 4 is 22.6 Å². The van der Waals surface area contributed by atoms with Crippen LogP contribution in [-0.4, -0.2) is 27.8 Å². The minimum atomic E-state index is -0.258. The number of aliphatic hydroxyl groups excluding tert-OH is 1. The molecule has 1 heterocycles. The molecule has 1 rings (SSSR count). The molecule has 1 N–H and O–H groups in total. The Morgan fingerprint density at radius 3 is 2.53 bits per heavy atom. The fourth-order valence-electron chi connectivity index (χ4n) is 2.26. The fraction of sp³-hybridized carbons (Fsp3) is 0.833. The monoisotopic (exact) mass is 324 g/mol. The molecule has 2 nitrogen and oxygen atoms in total. The smallest absolute Gasteiger partial charge is 0.0718 e. The Morgan fingerprint density at radius 2 is 2.07 bits per heavy atom. The van der Waals surface area contributed by atoms with Crippen LogP contribution >= 0.6 is 22.6 Å². The van der Waals surface area contributed by atoms with E-state index in [4.69, 9.17) is 4.74 Å². The van der Waals surface area contributed by atoms with Crippen LogP contribution in [0, 0.1) is 17.8 Å². The number of halogens is 1. The Balaban J connectivity index is 2.78. The highest BCUT2D eigenvalue weighted by molar-refractivity contribution is 14.1. The molecular formula is C12H21IO2. The van der Waals surface area contributed by atoms with Crippen molar-refractivity contribution in [3.05, 3.63) is 12.7 Å². The zero-order valence-electron chi connectivity index (χ0n) is 9.69. The van der Waals surface area contributed by atoms with Gasteiger partial charge < -0.3 is 9.84 Å². The second kappa shape index (κ2) is 5.64. The van der Waals surface area contributed by atoms with Crippen molar-refractivity contribution in [2.75, 3.05) is 4.43 Å². The number of alkyl halides is 1. The van der Waals surface area contributed by atoms with Gasteiger partial charge in [0.25, 0.3) is 0 Å². The molecule has 1 aliphatic rings. The number of ether oxygens (including phenoxy) is 1. The quantitative estimate of drug-likeness (QED) is 0.491. The van der Waals surface area contributed by atoms with Crippen LogP contribution in [0.2, 0.25) is 0 Å². The summed E-state index contributed by atoms with van der Waals surface area (Å²) in [5, 5.41) is 10.1. The molecule has 15 heavy (non-hydrogen) atoms. The van der Waals surface area contributed by atoms with Gasteiger partial charge in [-0.05, 0) is 0 Å². The van der Waals surface area contributed by atoms with Crippen LogP contribution in [0.25, 0.3) is 0 Å². The topological polar surface area (TPSA) is 29.5 Å². The van der Waals surface area contributed by atoms with E-state index in [1.807, 2.05) is 6.08 Å².